The van der Waals surface area contributed by atoms with Crippen LogP contribution in [0.25, 0.3) is 0 Å². The predicted octanol–water partition coefficient (Wildman–Crippen LogP) is 1.06. The first-order valence-corrected chi connectivity index (χ1v) is 6.74. The van der Waals surface area contributed by atoms with Crippen molar-refractivity contribution in [3.8, 4) is 0 Å². The number of aliphatic hydroxyl groups excluding tert-OH is 1. The number of hydrogen-bond donors (Lipinski definition) is 2. The molecule has 2 rings (SSSR count). The molecule has 0 fully saturated rings. The van der Waals surface area contributed by atoms with Gasteiger partial charge >= 0.3 is 0 Å². The Morgan fingerprint density at radius 1 is 1.33 bits per heavy atom. The van der Waals surface area contributed by atoms with E-state index >= 15 is 0 Å². The molecule has 0 bridgehead atoms. The van der Waals surface area contributed by atoms with Gasteiger partial charge in [0.25, 0.3) is 11.8 Å². The Bertz CT molecular complexity index is 613. The second-order valence-corrected chi connectivity index (χ2v) is 5.19. The summed E-state index contributed by atoms with van der Waals surface area (Å²) in [5, 5.41) is 12.3. The molecule has 1 heterocycles. The number of carbonyl (C=O) groups is 2. The summed E-state index contributed by atoms with van der Waals surface area (Å²) in [4.78, 5) is 26.7. The number of benzene rings is 1. The Balaban J connectivity index is 2.27. The van der Waals surface area contributed by atoms with E-state index in [1.165, 1.54) is 6.08 Å². The minimum Gasteiger partial charge on any atom is -0.395 e. The predicted molar refractivity (Wildman–Crippen MR) is 81.3 cm³/mol. The molecule has 0 atom stereocenters. The number of nitrogens with one attached hydrogen (secondary N) is 1. The molecule has 0 unspecified atom stereocenters. The summed E-state index contributed by atoms with van der Waals surface area (Å²) in [5.74, 6) is -0.899. The van der Waals surface area contributed by atoms with Gasteiger partial charge in [0.15, 0.2) is 0 Å². The van der Waals surface area contributed by atoms with Crippen LogP contribution in [0.3, 0.4) is 0 Å². The van der Waals surface area contributed by atoms with Crippen molar-refractivity contribution in [3.05, 3.63) is 35.0 Å². The van der Waals surface area contributed by atoms with Gasteiger partial charge in [-0.15, -0.1) is 0 Å². The summed E-state index contributed by atoms with van der Waals surface area (Å²) < 4.78 is 0. The summed E-state index contributed by atoms with van der Waals surface area (Å²) in [6.07, 6.45) is 1.22. The lowest BCUT2D eigenvalue weighted by Gasteiger charge is -2.19. The Kier molecular flexibility index (Phi) is 4.50. The maximum absolute atomic E-state index is 12.1. The lowest BCUT2D eigenvalue weighted by molar-refractivity contribution is -0.137. The van der Waals surface area contributed by atoms with Gasteiger partial charge in [0, 0.05) is 25.2 Å². The first kappa shape index (κ1) is 15.3. The average Bonchev–Trinajstić information content (AvgIpc) is 2.67. The minimum atomic E-state index is -0.460. The number of rotatable bonds is 5. The van der Waals surface area contributed by atoms with Crippen LogP contribution in [0.15, 0.2) is 30.0 Å². The van der Waals surface area contributed by atoms with Crippen molar-refractivity contribution in [2.75, 3.05) is 37.5 Å². The third kappa shape index (κ3) is 3.17. The van der Waals surface area contributed by atoms with Crippen LogP contribution in [0.5, 0.6) is 0 Å². The highest BCUT2D eigenvalue weighted by molar-refractivity contribution is 6.31. The van der Waals surface area contributed by atoms with Crippen LogP contribution in [0.4, 0.5) is 11.4 Å². The van der Waals surface area contributed by atoms with Gasteiger partial charge in [0.2, 0.25) is 0 Å². The highest BCUT2D eigenvalue weighted by atomic mass is 35.5. The summed E-state index contributed by atoms with van der Waals surface area (Å²) in [7, 11) is 3.73. The normalized spacial score (nSPS) is 14.5. The molecule has 1 aromatic carbocycles. The molecule has 112 valence electrons. The van der Waals surface area contributed by atoms with Gasteiger partial charge in [0.1, 0.15) is 5.70 Å². The standard InChI is InChI=1S/C14H16ClN3O3/c1-17(2)12-4-3-9(15)7-10(12)16-11-8-13(20)18(5-6-19)14(11)21/h3-4,7-8,16,19H,5-6H2,1-2H3. The molecule has 0 saturated heterocycles. The van der Waals surface area contributed by atoms with Crippen molar-refractivity contribution in [3.63, 3.8) is 0 Å². The first-order chi connectivity index (χ1) is 9.93. The zero-order valence-electron chi connectivity index (χ0n) is 11.8. The van der Waals surface area contributed by atoms with E-state index < -0.39 is 11.8 Å². The Morgan fingerprint density at radius 2 is 2.05 bits per heavy atom. The van der Waals surface area contributed by atoms with Crippen molar-refractivity contribution >= 4 is 34.8 Å². The van der Waals surface area contributed by atoms with Crippen molar-refractivity contribution in [1.82, 2.24) is 4.90 Å². The van der Waals surface area contributed by atoms with Crippen LogP contribution in [-0.4, -0.2) is 49.1 Å². The summed E-state index contributed by atoms with van der Waals surface area (Å²) >= 11 is 5.98. The fraction of sp³-hybridized carbons (Fsp3) is 0.286. The van der Waals surface area contributed by atoms with E-state index in [0.717, 1.165) is 10.6 Å². The second kappa shape index (κ2) is 6.15. The number of amides is 2. The molecule has 0 saturated carbocycles. The fourth-order valence-corrected chi connectivity index (χ4v) is 2.23. The molecule has 6 nitrogen and oxygen atoms in total. The Labute approximate surface area is 127 Å². The van der Waals surface area contributed by atoms with Gasteiger partial charge in [-0.25, -0.2) is 0 Å². The van der Waals surface area contributed by atoms with Gasteiger partial charge in [-0.1, -0.05) is 11.6 Å². The molecule has 0 radical (unpaired) electrons. The molecule has 2 N–H and O–H groups in total. The second-order valence-electron chi connectivity index (χ2n) is 4.76. The van der Waals surface area contributed by atoms with Crippen molar-refractivity contribution < 1.29 is 14.7 Å². The van der Waals surface area contributed by atoms with Crippen LogP contribution in [0.2, 0.25) is 5.02 Å². The van der Waals surface area contributed by atoms with Crippen molar-refractivity contribution in [2.24, 2.45) is 0 Å². The minimum absolute atomic E-state index is 0.0184. The van der Waals surface area contributed by atoms with Gasteiger partial charge in [-0.3, -0.25) is 14.5 Å². The largest absolute Gasteiger partial charge is 0.395 e. The Hall–Kier alpha value is -2.05. The molecule has 2 amide bonds. The van der Waals surface area contributed by atoms with Crippen molar-refractivity contribution in [2.45, 2.75) is 0 Å². The number of anilines is 2. The summed E-state index contributed by atoms with van der Waals surface area (Å²) in [6, 6.07) is 5.25. The van der Waals surface area contributed by atoms with E-state index in [9.17, 15) is 9.59 Å². The SMILES string of the molecule is CN(C)c1ccc(Cl)cc1NC1=CC(=O)N(CCO)C1=O. The molecule has 7 heteroatoms. The van der Waals surface area contributed by atoms with Gasteiger partial charge in [0.05, 0.1) is 24.5 Å². The summed E-state index contributed by atoms with van der Waals surface area (Å²) in [6.45, 7) is -0.284. The van der Waals surface area contributed by atoms with Gasteiger partial charge in [-0.05, 0) is 18.2 Å². The van der Waals surface area contributed by atoms with Crippen LogP contribution in [-0.2, 0) is 9.59 Å². The van der Waals surface area contributed by atoms with E-state index in [-0.39, 0.29) is 18.8 Å². The van der Waals surface area contributed by atoms with Crippen molar-refractivity contribution in [1.29, 1.82) is 0 Å². The number of nitrogens with zero attached hydrogens (tertiary/aromatic N) is 2. The van der Waals surface area contributed by atoms with Crippen LogP contribution >= 0.6 is 11.6 Å². The van der Waals surface area contributed by atoms with E-state index in [2.05, 4.69) is 5.32 Å². The highest BCUT2D eigenvalue weighted by Crippen LogP contribution is 2.30. The molecule has 0 aromatic heterocycles. The van der Waals surface area contributed by atoms with Crippen LogP contribution in [0.1, 0.15) is 0 Å². The quantitative estimate of drug-likeness (QED) is 0.796. The molecular formula is C14H16ClN3O3. The topological polar surface area (TPSA) is 72.9 Å². The lowest BCUT2D eigenvalue weighted by atomic mass is 10.2. The van der Waals surface area contributed by atoms with Gasteiger partial charge < -0.3 is 15.3 Å². The first-order valence-electron chi connectivity index (χ1n) is 6.36. The molecule has 1 aliphatic rings. The number of hydrogen-bond acceptors (Lipinski definition) is 5. The Morgan fingerprint density at radius 3 is 2.67 bits per heavy atom. The van der Waals surface area contributed by atoms with Crippen LogP contribution < -0.4 is 10.2 Å². The number of β-amino-alcohol motifs (C(OH)–C–C–N with tert-alkyl or cyclic N) is 1. The van der Waals surface area contributed by atoms with E-state index in [1.807, 2.05) is 25.1 Å². The molecular weight excluding hydrogens is 294 g/mol. The highest BCUT2D eigenvalue weighted by Gasteiger charge is 2.31. The summed E-state index contributed by atoms with van der Waals surface area (Å²) in [5.41, 5.74) is 1.63. The van der Waals surface area contributed by atoms with E-state index in [1.54, 1.807) is 12.1 Å². The van der Waals surface area contributed by atoms with Gasteiger partial charge in [-0.2, -0.15) is 0 Å². The zero-order valence-corrected chi connectivity index (χ0v) is 12.5. The molecule has 0 aliphatic carbocycles. The third-order valence-electron chi connectivity index (χ3n) is 3.04. The molecule has 0 spiro atoms. The monoisotopic (exact) mass is 309 g/mol. The fourth-order valence-electron chi connectivity index (χ4n) is 2.05. The number of aliphatic hydroxyl groups is 1. The number of halogens is 1. The average molecular weight is 310 g/mol. The maximum atomic E-state index is 12.1. The molecule has 1 aliphatic heterocycles. The smallest absolute Gasteiger partial charge is 0.277 e. The number of imide groups is 1. The molecule has 21 heavy (non-hydrogen) atoms. The lowest BCUT2D eigenvalue weighted by Crippen LogP contribution is -2.34. The third-order valence-corrected chi connectivity index (χ3v) is 3.28. The maximum Gasteiger partial charge on any atom is 0.277 e. The zero-order chi connectivity index (χ0) is 15.6. The number of carbonyl (C=O) groups excluding carboxylic acids is 2. The molecule has 1 aromatic rings. The van der Waals surface area contributed by atoms with Crippen LogP contribution in [0, 0.1) is 0 Å². The van der Waals surface area contributed by atoms with E-state index in [0.29, 0.717) is 10.7 Å². The van der Waals surface area contributed by atoms with E-state index in [4.69, 9.17) is 16.7 Å².